The fourth-order valence-corrected chi connectivity index (χ4v) is 7.28. The topological polar surface area (TPSA) is 57.5 Å². The first-order chi connectivity index (χ1) is 10.6. The highest BCUT2D eigenvalue weighted by atomic mass is 16.3. The molecule has 0 aromatic rings. The number of hydrogen-bond acceptors (Lipinski definition) is 3. The third-order valence-electron chi connectivity index (χ3n) is 8.55. The Kier molecular flexibility index (Phi) is 3.09. The van der Waals surface area contributed by atoms with Gasteiger partial charge in [-0.15, -0.1) is 0 Å². The third-order valence-corrected chi connectivity index (χ3v) is 8.55. The van der Waals surface area contributed by atoms with E-state index >= 15 is 0 Å². The molecule has 5 aliphatic rings. The van der Waals surface area contributed by atoms with E-state index in [4.69, 9.17) is 0 Å². The highest BCUT2D eigenvalue weighted by Gasteiger charge is 2.68. The van der Waals surface area contributed by atoms with E-state index in [9.17, 15) is 15.0 Å². The monoisotopic (exact) mass is 318 g/mol. The molecule has 5 fully saturated rings. The van der Waals surface area contributed by atoms with Crippen LogP contribution < -0.4 is 0 Å². The summed E-state index contributed by atoms with van der Waals surface area (Å²) in [5.41, 5.74) is 0.708. The molecule has 0 aromatic carbocycles. The maximum Gasteiger partial charge on any atom is 0.168 e. The minimum Gasteiger partial charge on any atom is -0.393 e. The molecule has 128 valence electrons. The summed E-state index contributed by atoms with van der Waals surface area (Å²) in [5, 5.41) is 21.0. The minimum absolute atomic E-state index is 0.0417. The molecule has 0 saturated heterocycles. The summed E-state index contributed by atoms with van der Waals surface area (Å²) in [6.45, 7) is 10.9. The second-order valence-corrected chi connectivity index (χ2v) is 9.67. The van der Waals surface area contributed by atoms with Crippen molar-refractivity contribution in [2.45, 2.75) is 71.5 Å². The molecule has 5 aliphatic carbocycles. The fraction of sp³-hybridized carbons (Fsp3) is 0.850. The molecule has 7 atom stereocenters. The van der Waals surface area contributed by atoms with Gasteiger partial charge in [-0.25, -0.2) is 0 Å². The molecule has 3 nitrogen and oxygen atoms in total. The summed E-state index contributed by atoms with van der Waals surface area (Å²) in [7, 11) is 0. The third kappa shape index (κ3) is 1.71. The van der Waals surface area contributed by atoms with Crippen LogP contribution in [0.1, 0.15) is 59.3 Å². The zero-order chi connectivity index (χ0) is 16.8. The smallest absolute Gasteiger partial charge is 0.168 e. The van der Waals surface area contributed by atoms with E-state index in [0.29, 0.717) is 11.8 Å². The van der Waals surface area contributed by atoms with Crippen LogP contribution >= 0.6 is 0 Å². The molecule has 0 radical (unpaired) electrons. The Morgan fingerprint density at radius 3 is 2.48 bits per heavy atom. The number of fused-ring (bicyclic) bond motifs is 3. The van der Waals surface area contributed by atoms with Gasteiger partial charge < -0.3 is 10.2 Å². The molecular formula is C20H30O3. The fourth-order valence-electron chi connectivity index (χ4n) is 7.28. The Labute approximate surface area is 139 Å². The van der Waals surface area contributed by atoms with Crippen LogP contribution in [0.5, 0.6) is 0 Å². The Bertz CT molecular complexity index is 579. The molecule has 23 heavy (non-hydrogen) atoms. The van der Waals surface area contributed by atoms with Crippen LogP contribution in [0.25, 0.3) is 0 Å². The average molecular weight is 318 g/mol. The summed E-state index contributed by atoms with van der Waals surface area (Å²) in [5.74, 6) is 0.841. The molecule has 1 spiro atoms. The number of aliphatic hydroxyl groups is 2. The Morgan fingerprint density at radius 2 is 1.78 bits per heavy atom. The van der Waals surface area contributed by atoms with Gasteiger partial charge in [0, 0.05) is 11.3 Å². The van der Waals surface area contributed by atoms with Crippen molar-refractivity contribution in [1.82, 2.24) is 0 Å². The van der Waals surface area contributed by atoms with Crippen LogP contribution in [-0.4, -0.2) is 28.2 Å². The van der Waals surface area contributed by atoms with Gasteiger partial charge in [0.15, 0.2) is 5.78 Å². The highest BCUT2D eigenvalue weighted by molar-refractivity contribution is 5.92. The zero-order valence-electron chi connectivity index (χ0n) is 14.6. The maximum atomic E-state index is 13.0. The van der Waals surface area contributed by atoms with Crippen LogP contribution in [0.3, 0.4) is 0 Å². The van der Waals surface area contributed by atoms with E-state index in [2.05, 4.69) is 27.4 Å². The Balaban J connectivity index is 1.80. The summed E-state index contributed by atoms with van der Waals surface area (Å²) in [6.07, 6.45) is 4.28. The number of Topliss-reactive ketones (excluding diaryl/α,β-unsaturated/α-hetero) is 1. The van der Waals surface area contributed by atoms with Gasteiger partial charge in [0.05, 0.1) is 6.10 Å². The van der Waals surface area contributed by atoms with Gasteiger partial charge >= 0.3 is 0 Å². The van der Waals surface area contributed by atoms with Gasteiger partial charge in [0.2, 0.25) is 0 Å². The summed E-state index contributed by atoms with van der Waals surface area (Å²) < 4.78 is 0. The molecule has 0 aromatic heterocycles. The predicted molar refractivity (Wildman–Crippen MR) is 88.7 cm³/mol. The zero-order valence-corrected chi connectivity index (χ0v) is 14.6. The van der Waals surface area contributed by atoms with Crippen molar-refractivity contribution < 1.29 is 15.0 Å². The normalized spacial score (nSPS) is 54.6. The van der Waals surface area contributed by atoms with Crippen LogP contribution in [0.2, 0.25) is 0 Å². The van der Waals surface area contributed by atoms with Crippen LogP contribution in [-0.2, 0) is 4.79 Å². The predicted octanol–water partition coefficient (Wildman–Crippen LogP) is 3.10. The lowest BCUT2D eigenvalue weighted by molar-refractivity contribution is -0.207. The first-order valence-electron chi connectivity index (χ1n) is 9.23. The van der Waals surface area contributed by atoms with Gasteiger partial charge in [-0.2, -0.15) is 0 Å². The molecule has 0 heterocycles. The lowest BCUT2D eigenvalue weighted by atomic mass is 9.36. The summed E-state index contributed by atoms with van der Waals surface area (Å²) in [4.78, 5) is 13.0. The molecule has 0 amide bonds. The van der Waals surface area contributed by atoms with Gasteiger partial charge in [-0.3, -0.25) is 4.79 Å². The van der Waals surface area contributed by atoms with Crippen molar-refractivity contribution in [3.8, 4) is 0 Å². The Morgan fingerprint density at radius 1 is 1.09 bits per heavy atom. The molecule has 2 N–H and O–H groups in total. The van der Waals surface area contributed by atoms with E-state index in [1.807, 2.05) is 0 Å². The van der Waals surface area contributed by atoms with Gasteiger partial charge in [0.25, 0.3) is 0 Å². The van der Waals surface area contributed by atoms with E-state index in [1.165, 1.54) is 0 Å². The SMILES string of the molecule is C=C1CC23CCC4C(C)(C)C(O)CCC4(C)C2CC1C(O)C3=O. The van der Waals surface area contributed by atoms with Crippen molar-refractivity contribution in [3.05, 3.63) is 12.2 Å². The van der Waals surface area contributed by atoms with Crippen molar-refractivity contribution in [3.63, 3.8) is 0 Å². The van der Waals surface area contributed by atoms with Gasteiger partial charge in [0.1, 0.15) is 6.10 Å². The number of ketones is 1. The van der Waals surface area contributed by atoms with Gasteiger partial charge in [-0.05, 0) is 61.2 Å². The number of carbonyl (C=O) groups is 1. The van der Waals surface area contributed by atoms with Crippen molar-refractivity contribution in [1.29, 1.82) is 0 Å². The number of aliphatic hydroxyl groups excluding tert-OH is 2. The summed E-state index contributed by atoms with van der Waals surface area (Å²) in [6, 6.07) is 0. The van der Waals surface area contributed by atoms with E-state index in [0.717, 1.165) is 44.1 Å². The quantitative estimate of drug-likeness (QED) is 0.675. The summed E-state index contributed by atoms with van der Waals surface area (Å²) >= 11 is 0. The first-order valence-corrected chi connectivity index (χ1v) is 9.23. The second-order valence-electron chi connectivity index (χ2n) is 9.67. The van der Waals surface area contributed by atoms with Crippen LogP contribution in [0.15, 0.2) is 12.2 Å². The molecule has 2 bridgehead atoms. The largest absolute Gasteiger partial charge is 0.393 e. The number of carbonyl (C=O) groups excluding carboxylic acids is 1. The standard InChI is InChI=1S/C20H30O3/c1-11-10-20-8-5-13-18(2,3)15(21)6-7-19(13,4)14(20)9-12(11)16(22)17(20)23/h12-16,21-22H,1,5-10H2,2-4H3. The second kappa shape index (κ2) is 4.49. The van der Waals surface area contributed by atoms with Crippen molar-refractivity contribution in [2.24, 2.45) is 34.0 Å². The first kappa shape index (κ1) is 15.8. The Hall–Kier alpha value is -0.670. The molecular weight excluding hydrogens is 288 g/mol. The molecule has 5 saturated carbocycles. The van der Waals surface area contributed by atoms with Crippen LogP contribution in [0.4, 0.5) is 0 Å². The highest BCUT2D eigenvalue weighted by Crippen LogP contribution is 2.70. The van der Waals surface area contributed by atoms with Crippen LogP contribution in [0, 0.1) is 34.0 Å². The molecule has 3 heteroatoms. The van der Waals surface area contributed by atoms with E-state index < -0.39 is 6.10 Å². The number of hydrogen-bond donors (Lipinski definition) is 2. The van der Waals surface area contributed by atoms with Crippen molar-refractivity contribution in [2.75, 3.05) is 0 Å². The van der Waals surface area contributed by atoms with E-state index in [1.54, 1.807) is 0 Å². The lowest BCUT2D eigenvalue weighted by Crippen LogP contribution is -2.67. The average Bonchev–Trinajstić information content (AvgIpc) is 2.48. The lowest BCUT2D eigenvalue weighted by Gasteiger charge is -2.68. The molecule has 7 unspecified atom stereocenters. The number of rotatable bonds is 0. The minimum atomic E-state index is -0.824. The van der Waals surface area contributed by atoms with E-state index in [-0.39, 0.29) is 34.1 Å². The molecule has 5 rings (SSSR count). The maximum absolute atomic E-state index is 13.0. The van der Waals surface area contributed by atoms with Crippen molar-refractivity contribution >= 4 is 5.78 Å². The van der Waals surface area contributed by atoms with Gasteiger partial charge in [-0.1, -0.05) is 32.9 Å². The molecule has 0 aliphatic heterocycles.